The molecule has 2 atom stereocenters. The first-order valence-electron chi connectivity index (χ1n) is 10.1. The highest BCUT2D eigenvalue weighted by atomic mass is 19.1. The first kappa shape index (κ1) is 19.4. The van der Waals surface area contributed by atoms with Crippen LogP contribution in [0.4, 0.5) is 8.78 Å². The molecule has 158 valence electrons. The molecule has 31 heavy (non-hydrogen) atoms. The summed E-state index contributed by atoms with van der Waals surface area (Å²) in [6.45, 7) is 0.474. The van der Waals surface area contributed by atoms with Crippen molar-refractivity contribution < 1.29 is 18.7 Å². The Kier molecular flexibility index (Phi) is 4.57. The molecule has 1 N–H and O–H groups in total. The number of carbonyl (C=O) groups excluding carboxylic acids is 1. The fourth-order valence-electron chi connectivity index (χ4n) is 4.93. The SMILES string of the molecule is O=C1c2c(O)c(=O)cnn2C(C(c2cccc(F)c2)c2cccc(F)c2)C2CCCN12. The Morgan fingerprint density at radius 2 is 1.68 bits per heavy atom. The van der Waals surface area contributed by atoms with Crippen LogP contribution in [0.3, 0.4) is 0 Å². The maximum Gasteiger partial charge on any atom is 0.276 e. The highest BCUT2D eigenvalue weighted by Gasteiger charge is 2.48. The van der Waals surface area contributed by atoms with Crippen molar-refractivity contribution in [1.82, 2.24) is 14.7 Å². The van der Waals surface area contributed by atoms with Gasteiger partial charge in [0.2, 0.25) is 5.43 Å². The molecule has 1 aromatic heterocycles. The quantitative estimate of drug-likeness (QED) is 0.702. The van der Waals surface area contributed by atoms with Gasteiger partial charge in [0, 0.05) is 12.5 Å². The van der Waals surface area contributed by atoms with Crippen LogP contribution in [0.1, 0.15) is 46.4 Å². The number of rotatable bonds is 3. The fourth-order valence-corrected chi connectivity index (χ4v) is 4.93. The van der Waals surface area contributed by atoms with E-state index >= 15 is 0 Å². The minimum Gasteiger partial charge on any atom is -0.502 e. The van der Waals surface area contributed by atoms with Gasteiger partial charge in [0.1, 0.15) is 11.6 Å². The Balaban J connectivity index is 1.79. The zero-order valence-corrected chi connectivity index (χ0v) is 16.4. The average Bonchev–Trinajstić information content (AvgIpc) is 3.23. The van der Waals surface area contributed by atoms with Gasteiger partial charge in [-0.15, -0.1) is 0 Å². The molecule has 2 aromatic carbocycles. The number of carbonyl (C=O) groups is 1. The van der Waals surface area contributed by atoms with Crippen LogP contribution < -0.4 is 5.43 Å². The van der Waals surface area contributed by atoms with Crippen LogP contribution in [-0.2, 0) is 0 Å². The van der Waals surface area contributed by atoms with Gasteiger partial charge in [-0.05, 0) is 48.2 Å². The second-order valence-electron chi connectivity index (χ2n) is 7.94. The zero-order valence-electron chi connectivity index (χ0n) is 16.4. The van der Waals surface area contributed by atoms with Gasteiger partial charge in [0.15, 0.2) is 11.4 Å². The normalized spacial score (nSPS) is 20.1. The summed E-state index contributed by atoms with van der Waals surface area (Å²) in [4.78, 5) is 26.7. The summed E-state index contributed by atoms with van der Waals surface area (Å²) in [5.74, 6) is -2.57. The summed E-state index contributed by atoms with van der Waals surface area (Å²) < 4.78 is 29.7. The number of benzene rings is 2. The molecule has 5 rings (SSSR count). The lowest BCUT2D eigenvalue weighted by atomic mass is 9.80. The molecule has 0 spiro atoms. The van der Waals surface area contributed by atoms with Crippen LogP contribution in [0.15, 0.2) is 59.5 Å². The molecule has 2 unspecified atom stereocenters. The molecule has 2 aliphatic rings. The highest BCUT2D eigenvalue weighted by molar-refractivity contribution is 5.96. The summed E-state index contributed by atoms with van der Waals surface area (Å²) in [5.41, 5.74) is 0.239. The van der Waals surface area contributed by atoms with E-state index in [9.17, 15) is 23.5 Å². The summed E-state index contributed by atoms with van der Waals surface area (Å²) in [7, 11) is 0. The monoisotopic (exact) mass is 423 g/mol. The molecular weight excluding hydrogens is 404 g/mol. The van der Waals surface area contributed by atoms with Gasteiger partial charge in [-0.3, -0.25) is 14.3 Å². The van der Waals surface area contributed by atoms with E-state index in [4.69, 9.17) is 0 Å². The third-order valence-corrected chi connectivity index (χ3v) is 6.18. The molecule has 2 aliphatic heterocycles. The molecule has 1 saturated heterocycles. The summed E-state index contributed by atoms with van der Waals surface area (Å²) >= 11 is 0. The number of nitrogens with zero attached hydrogens (tertiary/aromatic N) is 3. The van der Waals surface area contributed by atoms with E-state index in [1.54, 1.807) is 29.2 Å². The molecule has 3 aromatic rings. The summed E-state index contributed by atoms with van der Waals surface area (Å²) in [6.07, 6.45) is 2.38. The van der Waals surface area contributed by atoms with Gasteiger partial charge >= 0.3 is 0 Å². The molecule has 1 amide bonds. The maximum absolute atomic E-state index is 14.2. The van der Waals surface area contributed by atoms with Gasteiger partial charge in [-0.25, -0.2) is 8.78 Å². The lowest BCUT2D eigenvalue weighted by molar-refractivity contribution is 0.0565. The zero-order chi connectivity index (χ0) is 21.7. The third kappa shape index (κ3) is 3.10. The summed E-state index contributed by atoms with van der Waals surface area (Å²) in [6, 6.07) is 11.2. The van der Waals surface area contributed by atoms with Crippen LogP contribution in [0.25, 0.3) is 0 Å². The molecule has 8 heteroatoms. The van der Waals surface area contributed by atoms with Crippen molar-refractivity contribution in [2.24, 2.45) is 0 Å². The van der Waals surface area contributed by atoms with Crippen molar-refractivity contribution in [2.75, 3.05) is 6.54 Å². The van der Waals surface area contributed by atoms with Gasteiger partial charge in [-0.1, -0.05) is 24.3 Å². The van der Waals surface area contributed by atoms with Gasteiger partial charge in [0.25, 0.3) is 5.91 Å². The Bertz CT molecular complexity index is 1200. The van der Waals surface area contributed by atoms with E-state index in [0.717, 1.165) is 12.6 Å². The lowest BCUT2D eigenvalue weighted by Crippen LogP contribution is -2.50. The van der Waals surface area contributed by atoms with Crippen molar-refractivity contribution >= 4 is 5.91 Å². The number of hydrogen-bond donors (Lipinski definition) is 1. The molecule has 0 bridgehead atoms. The average molecular weight is 423 g/mol. The minimum atomic E-state index is -0.746. The first-order chi connectivity index (χ1) is 15.0. The number of amides is 1. The molecule has 1 fully saturated rings. The Morgan fingerprint density at radius 1 is 1.03 bits per heavy atom. The number of halogens is 2. The van der Waals surface area contributed by atoms with Crippen LogP contribution in [0, 0.1) is 11.6 Å². The van der Waals surface area contributed by atoms with Crippen molar-refractivity contribution in [3.63, 3.8) is 0 Å². The van der Waals surface area contributed by atoms with E-state index in [2.05, 4.69) is 5.10 Å². The fraction of sp³-hybridized carbons (Fsp3) is 0.261. The van der Waals surface area contributed by atoms with Gasteiger partial charge < -0.3 is 10.0 Å². The van der Waals surface area contributed by atoms with Crippen molar-refractivity contribution in [1.29, 1.82) is 0 Å². The van der Waals surface area contributed by atoms with E-state index in [0.29, 0.717) is 24.1 Å². The minimum absolute atomic E-state index is 0.187. The van der Waals surface area contributed by atoms with E-state index in [-0.39, 0.29) is 11.7 Å². The summed E-state index contributed by atoms with van der Waals surface area (Å²) in [5, 5.41) is 14.6. The van der Waals surface area contributed by atoms with E-state index in [1.807, 2.05) is 0 Å². The van der Waals surface area contributed by atoms with Crippen LogP contribution >= 0.6 is 0 Å². The second kappa shape index (κ2) is 7.30. The number of aromatic nitrogens is 2. The molecule has 3 heterocycles. The highest BCUT2D eigenvalue weighted by Crippen LogP contribution is 2.45. The standard InChI is InChI=1S/C23H19F2N3O3/c24-15-6-1-4-13(10-15)19(14-5-2-7-16(25)11-14)20-17-8-3-9-27(17)23(31)21-22(30)18(29)12-26-28(20)21/h1-2,4-7,10-12,17,19-20,30H,3,8-9H2. The topological polar surface area (TPSA) is 75.4 Å². The van der Waals surface area contributed by atoms with Crippen LogP contribution in [0.5, 0.6) is 5.75 Å². The van der Waals surface area contributed by atoms with Crippen LogP contribution in [-0.4, -0.2) is 38.3 Å². The third-order valence-electron chi connectivity index (χ3n) is 6.18. The predicted molar refractivity (Wildman–Crippen MR) is 108 cm³/mol. The molecule has 0 saturated carbocycles. The Hall–Kier alpha value is -3.55. The van der Waals surface area contributed by atoms with E-state index < -0.39 is 40.7 Å². The number of aromatic hydroxyl groups is 1. The maximum atomic E-state index is 14.2. The van der Waals surface area contributed by atoms with Gasteiger partial charge in [-0.2, -0.15) is 5.10 Å². The largest absolute Gasteiger partial charge is 0.502 e. The smallest absolute Gasteiger partial charge is 0.276 e. The lowest BCUT2D eigenvalue weighted by Gasteiger charge is -2.42. The van der Waals surface area contributed by atoms with Crippen molar-refractivity contribution in [3.8, 4) is 5.75 Å². The predicted octanol–water partition coefficient (Wildman–Crippen LogP) is 3.22. The molecule has 6 nitrogen and oxygen atoms in total. The first-order valence-corrected chi connectivity index (χ1v) is 10.1. The molecule has 0 radical (unpaired) electrons. The second-order valence-corrected chi connectivity index (χ2v) is 7.94. The van der Waals surface area contributed by atoms with Crippen molar-refractivity contribution in [3.05, 3.63) is 93.4 Å². The Morgan fingerprint density at radius 3 is 2.29 bits per heavy atom. The van der Waals surface area contributed by atoms with E-state index in [1.165, 1.54) is 28.9 Å². The molecule has 0 aliphatic carbocycles. The molecular formula is C23H19F2N3O3. The number of fused-ring (bicyclic) bond motifs is 2. The van der Waals surface area contributed by atoms with Crippen molar-refractivity contribution in [2.45, 2.75) is 30.8 Å². The van der Waals surface area contributed by atoms with Crippen LogP contribution in [0.2, 0.25) is 0 Å². The Labute approximate surface area is 176 Å². The van der Waals surface area contributed by atoms with Gasteiger partial charge in [0.05, 0.1) is 18.3 Å². The number of hydrogen-bond acceptors (Lipinski definition) is 4.